The molecule has 0 radical (unpaired) electrons. The molecule has 0 fully saturated rings. The van der Waals surface area contributed by atoms with E-state index in [1.54, 1.807) is 0 Å². The summed E-state index contributed by atoms with van der Waals surface area (Å²) in [7, 11) is 0.982. The summed E-state index contributed by atoms with van der Waals surface area (Å²) in [4.78, 5) is 0. The minimum absolute atomic E-state index is 0.0221. The zero-order valence-electron chi connectivity index (χ0n) is 9.50. The smallest absolute Gasteiger partial charge is 0.129 e. The second kappa shape index (κ2) is 6.58. The normalized spacial score (nSPS) is 15.6. The first kappa shape index (κ1) is 14.1. The van der Waals surface area contributed by atoms with Crippen molar-refractivity contribution in [3.63, 3.8) is 0 Å². The van der Waals surface area contributed by atoms with Crippen molar-refractivity contribution in [2.75, 3.05) is 6.61 Å². The Morgan fingerprint density at radius 3 is 2.36 bits per heavy atom. The Kier molecular flexibility index (Phi) is 6.64. The predicted octanol–water partition coefficient (Wildman–Crippen LogP) is 2.06. The lowest BCUT2D eigenvalue weighted by atomic mass is 10.0. The van der Waals surface area contributed by atoms with Crippen molar-refractivity contribution >= 4 is 17.5 Å². The molecule has 1 N–H and O–H groups in total. The predicted molar refractivity (Wildman–Crippen MR) is 66.6 cm³/mol. The van der Waals surface area contributed by atoms with E-state index >= 15 is 0 Å². The molecule has 0 rings (SSSR count). The van der Waals surface area contributed by atoms with Gasteiger partial charge in [0, 0.05) is 28.4 Å². The van der Waals surface area contributed by atoms with Gasteiger partial charge in [0.2, 0.25) is 0 Å². The molecule has 0 aromatic heterocycles. The second-order valence-electron chi connectivity index (χ2n) is 4.59. The van der Waals surface area contributed by atoms with Crippen molar-refractivity contribution in [1.82, 2.24) is 0 Å². The quantitative estimate of drug-likeness (QED) is 0.457. The number of aliphatic hydroxyl groups is 1. The van der Waals surface area contributed by atoms with E-state index < -0.39 is 8.07 Å². The van der Waals surface area contributed by atoms with Crippen LogP contribution in [0.3, 0.4) is 0 Å². The summed E-state index contributed by atoms with van der Waals surface area (Å²) in [5.41, 5.74) is 3.28. The molecule has 2 nitrogen and oxygen atoms in total. The molecule has 0 aromatic carbocycles. The van der Waals surface area contributed by atoms with Gasteiger partial charge in [-0.05, 0) is 0 Å². The molecular weight excluding hydrogens is 211 g/mol. The van der Waals surface area contributed by atoms with Gasteiger partial charge in [-0.3, -0.25) is 0 Å². The molecule has 3 atom stereocenters. The number of rotatable bonds is 4. The standard InChI is InChI=1S/C10H21O2PSi/c1-9(8-11)10(12-13)6-5-7-14(2,3)4/h9-11H,6,8,13H2,1-4H3. The molecule has 0 amide bonds. The lowest BCUT2D eigenvalue weighted by molar-refractivity contribution is 0.117. The number of hydrogen-bond donors (Lipinski definition) is 1. The molecule has 82 valence electrons. The third-order valence-electron chi connectivity index (χ3n) is 1.86. The van der Waals surface area contributed by atoms with Crippen LogP contribution < -0.4 is 0 Å². The average Bonchev–Trinajstić information content (AvgIpc) is 2.09. The third-order valence-corrected chi connectivity index (χ3v) is 3.14. The molecule has 0 aromatic rings. The maximum absolute atomic E-state index is 8.97. The largest absolute Gasteiger partial charge is 0.396 e. The number of hydrogen-bond acceptors (Lipinski definition) is 2. The van der Waals surface area contributed by atoms with E-state index in [1.165, 1.54) is 0 Å². The van der Waals surface area contributed by atoms with Gasteiger partial charge < -0.3 is 9.63 Å². The molecule has 0 aliphatic rings. The zero-order chi connectivity index (χ0) is 11.2. The monoisotopic (exact) mass is 232 g/mol. The molecular formula is C10H21O2PSi. The minimum atomic E-state index is -1.27. The van der Waals surface area contributed by atoms with E-state index in [9.17, 15) is 0 Å². The average molecular weight is 232 g/mol. The van der Waals surface area contributed by atoms with E-state index in [2.05, 4.69) is 40.6 Å². The Hall–Kier alpha value is 0.127. The summed E-state index contributed by atoms with van der Waals surface area (Å²) in [6.07, 6.45) is 0.726. The molecule has 0 saturated carbocycles. The molecule has 4 heteroatoms. The lowest BCUT2D eigenvalue weighted by Crippen LogP contribution is -2.22. The molecule has 14 heavy (non-hydrogen) atoms. The highest BCUT2D eigenvalue weighted by Crippen LogP contribution is 2.13. The Morgan fingerprint density at radius 2 is 2.00 bits per heavy atom. The van der Waals surface area contributed by atoms with Crippen LogP contribution in [0.15, 0.2) is 0 Å². The topological polar surface area (TPSA) is 29.5 Å². The SMILES string of the molecule is CC(CO)C(CC#C[Si](C)(C)C)OP. The van der Waals surface area contributed by atoms with Crippen molar-refractivity contribution in [3.8, 4) is 11.5 Å². The van der Waals surface area contributed by atoms with Gasteiger partial charge in [-0.15, -0.1) is 11.5 Å². The molecule has 0 spiro atoms. The molecule has 0 heterocycles. The van der Waals surface area contributed by atoms with Crippen LogP contribution in [0.2, 0.25) is 19.6 Å². The van der Waals surface area contributed by atoms with Crippen LogP contribution in [0.4, 0.5) is 0 Å². The lowest BCUT2D eigenvalue weighted by Gasteiger charge is -2.18. The van der Waals surface area contributed by atoms with Gasteiger partial charge in [0.05, 0.1) is 6.10 Å². The van der Waals surface area contributed by atoms with Crippen LogP contribution in [0.5, 0.6) is 0 Å². The Labute approximate surface area is 90.7 Å². The van der Waals surface area contributed by atoms with E-state index in [-0.39, 0.29) is 18.6 Å². The first-order valence-electron chi connectivity index (χ1n) is 4.87. The van der Waals surface area contributed by atoms with Crippen LogP contribution >= 0.6 is 9.47 Å². The first-order chi connectivity index (χ1) is 6.40. The van der Waals surface area contributed by atoms with E-state index in [1.807, 2.05) is 6.92 Å². The fourth-order valence-electron chi connectivity index (χ4n) is 0.918. The third kappa shape index (κ3) is 6.56. The summed E-state index contributed by atoms with van der Waals surface area (Å²) < 4.78 is 5.19. The van der Waals surface area contributed by atoms with Gasteiger partial charge in [-0.1, -0.05) is 26.6 Å². The van der Waals surface area contributed by atoms with E-state index in [4.69, 9.17) is 9.63 Å². The highest BCUT2D eigenvalue weighted by molar-refractivity contribution is 7.09. The molecule has 0 saturated heterocycles. The van der Waals surface area contributed by atoms with Crippen molar-refractivity contribution in [2.45, 2.75) is 39.1 Å². The summed E-state index contributed by atoms with van der Waals surface area (Å²) in [5, 5.41) is 8.97. The molecule has 0 bridgehead atoms. The van der Waals surface area contributed by atoms with Crippen LogP contribution in [-0.2, 0) is 4.52 Å². The molecule has 0 aliphatic heterocycles. The van der Waals surface area contributed by atoms with Crippen molar-refractivity contribution in [2.24, 2.45) is 5.92 Å². The van der Waals surface area contributed by atoms with Gasteiger partial charge in [0.15, 0.2) is 0 Å². The first-order valence-corrected chi connectivity index (χ1v) is 8.84. The number of aliphatic hydroxyl groups excluding tert-OH is 1. The van der Waals surface area contributed by atoms with Gasteiger partial charge in [0.25, 0.3) is 0 Å². The second-order valence-corrected chi connectivity index (χ2v) is 9.61. The van der Waals surface area contributed by atoms with Crippen LogP contribution in [0, 0.1) is 17.4 Å². The van der Waals surface area contributed by atoms with Crippen molar-refractivity contribution < 1.29 is 9.63 Å². The maximum atomic E-state index is 8.97. The van der Waals surface area contributed by atoms with Crippen LogP contribution in [0.25, 0.3) is 0 Å². The van der Waals surface area contributed by atoms with Crippen LogP contribution in [-0.4, -0.2) is 25.9 Å². The molecule has 0 aliphatic carbocycles. The van der Waals surface area contributed by atoms with Crippen molar-refractivity contribution in [3.05, 3.63) is 0 Å². The molecule has 3 unspecified atom stereocenters. The fraction of sp³-hybridized carbons (Fsp3) is 0.800. The highest BCUT2D eigenvalue weighted by atomic mass is 31.0. The Morgan fingerprint density at radius 1 is 1.43 bits per heavy atom. The summed E-state index contributed by atoms with van der Waals surface area (Å²) >= 11 is 0. The van der Waals surface area contributed by atoms with E-state index in [0.29, 0.717) is 6.42 Å². The maximum Gasteiger partial charge on any atom is 0.129 e. The van der Waals surface area contributed by atoms with Gasteiger partial charge in [0.1, 0.15) is 8.07 Å². The summed E-state index contributed by atoms with van der Waals surface area (Å²) in [6, 6.07) is 0. The van der Waals surface area contributed by atoms with Gasteiger partial charge >= 0.3 is 0 Å². The van der Waals surface area contributed by atoms with Crippen LogP contribution in [0.1, 0.15) is 13.3 Å². The van der Waals surface area contributed by atoms with E-state index in [0.717, 1.165) is 0 Å². The Balaban J connectivity index is 4.12. The summed E-state index contributed by atoms with van der Waals surface area (Å²) in [5.74, 6) is 3.30. The van der Waals surface area contributed by atoms with Gasteiger partial charge in [-0.2, -0.15) is 0 Å². The fourth-order valence-corrected chi connectivity index (χ4v) is 1.91. The van der Waals surface area contributed by atoms with Gasteiger partial charge in [-0.25, -0.2) is 0 Å². The highest BCUT2D eigenvalue weighted by Gasteiger charge is 2.15. The minimum Gasteiger partial charge on any atom is -0.396 e. The summed E-state index contributed by atoms with van der Waals surface area (Å²) in [6.45, 7) is 8.75. The zero-order valence-corrected chi connectivity index (χ0v) is 11.7. The Bertz CT molecular complexity index is 214. The van der Waals surface area contributed by atoms with Crippen molar-refractivity contribution in [1.29, 1.82) is 0 Å².